The number of aliphatic hydroxyl groups is 1. The lowest BCUT2D eigenvalue weighted by molar-refractivity contribution is 0.203. The summed E-state index contributed by atoms with van der Waals surface area (Å²) in [5.41, 5.74) is 1.38. The highest BCUT2D eigenvalue weighted by Gasteiger charge is 2.21. The van der Waals surface area contributed by atoms with Crippen LogP contribution >= 0.6 is 31.9 Å². The van der Waals surface area contributed by atoms with E-state index in [1.165, 1.54) is 0 Å². The van der Waals surface area contributed by atoms with E-state index in [-0.39, 0.29) is 0 Å². The van der Waals surface area contributed by atoms with Gasteiger partial charge in [-0.2, -0.15) is 5.10 Å². The molecule has 6 heteroatoms. The fourth-order valence-corrected chi connectivity index (χ4v) is 2.74. The van der Waals surface area contributed by atoms with Crippen LogP contribution in [0, 0.1) is 0 Å². The SMILES string of the molecule is COc1ccc(Br)cc1C(O)c1c(Br)cnn1C. The van der Waals surface area contributed by atoms with E-state index in [9.17, 15) is 5.11 Å². The number of aryl methyl sites for hydroxylation is 1. The zero-order valence-electron chi connectivity index (χ0n) is 9.89. The predicted molar refractivity (Wildman–Crippen MR) is 75.7 cm³/mol. The molecule has 0 radical (unpaired) electrons. The first kappa shape index (κ1) is 13.6. The third kappa shape index (κ3) is 2.46. The van der Waals surface area contributed by atoms with Gasteiger partial charge in [-0.3, -0.25) is 4.68 Å². The minimum Gasteiger partial charge on any atom is -0.496 e. The zero-order valence-corrected chi connectivity index (χ0v) is 13.1. The lowest BCUT2D eigenvalue weighted by Gasteiger charge is -2.16. The fraction of sp³-hybridized carbons (Fsp3) is 0.250. The first-order chi connectivity index (χ1) is 8.54. The Balaban J connectivity index is 2.51. The van der Waals surface area contributed by atoms with Gasteiger partial charge in [0, 0.05) is 17.1 Å². The van der Waals surface area contributed by atoms with Gasteiger partial charge < -0.3 is 9.84 Å². The molecule has 1 atom stereocenters. The van der Waals surface area contributed by atoms with Crippen molar-refractivity contribution in [1.82, 2.24) is 9.78 Å². The molecule has 0 aliphatic carbocycles. The van der Waals surface area contributed by atoms with Crippen LogP contribution in [0.3, 0.4) is 0 Å². The van der Waals surface area contributed by atoms with Crippen LogP contribution < -0.4 is 4.74 Å². The molecule has 1 unspecified atom stereocenters. The van der Waals surface area contributed by atoms with Gasteiger partial charge in [-0.05, 0) is 34.1 Å². The molecule has 4 nitrogen and oxygen atoms in total. The van der Waals surface area contributed by atoms with E-state index in [4.69, 9.17) is 4.74 Å². The minimum atomic E-state index is -0.806. The Morgan fingerprint density at radius 1 is 1.39 bits per heavy atom. The molecule has 0 spiro atoms. The fourth-order valence-electron chi connectivity index (χ4n) is 1.79. The smallest absolute Gasteiger partial charge is 0.125 e. The maximum absolute atomic E-state index is 10.5. The molecule has 1 heterocycles. The largest absolute Gasteiger partial charge is 0.496 e. The van der Waals surface area contributed by atoms with Gasteiger partial charge in [-0.25, -0.2) is 0 Å². The molecule has 1 aromatic carbocycles. The molecule has 2 rings (SSSR count). The lowest BCUT2D eigenvalue weighted by Crippen LogP contribution is -2.08. The highest BCUT2D eigenvalue weighted by Crippen LogP contribution is 2.34. The molecule has 0 saturated heterocycles. The van der Waals surface area contributed by atoms with E-state index in [1.54, 1.807) is 25.0 Å². The zero-order chi connectivity index (χ0) is 13.3. The number of rotatable bonds is 3. The monoisotopic (exact) mass is 374 g/mol. The molecule has 0 fully saturated rings. The van der Waals surface area contributed by atoms with Gasteiger partial charge in [0.1, 0.15) is 11.9 Å². The Hall–Kier alpha value is -0.850. The number of ether oxygens (including phenoxy) is 1. The topological polar surface area (TPSA) is 47.3 Å². The van der Waals surface area contributed by atoms with Crippen LogP contribution in [0.15, 0.2) is 33.3 Å². The third-order valence-electron chi connectivity index (χ3n) is 2.68. The van der Waals surface area contributed by atoms with E-state index < -0.39 is 6.10 Å². The van der Waals surface area contributed by atoms with Gasteiger partial charge in [0.2, 0.25) is 0 Å². The Morgan fingerprint density at radius 2 is 2.11 bits per heavy atom. The molecule has 0 saturated carbocycles. The molecule has 0 aliphatic rings. The highest BCUT2D eigenvalue weighted by atomic mass is 79.9. The number of benzene rings is 1. The average molecular weight is 376 g/mol. The average Bonchev–Trinajstić information content (AvgIpc) is 2.68. The molecule has 0 aliphatic heterocycles. The van der Waals surface area contributed by atoms with Crippen LogP contribution in [-0.4, -0.2) is 22.0 Å². The van der Waals surface area contributed by atoms with Crippen molar-refractivity contribution in [2.45, 2.75) is 6.10 Å². The van der Waals surface area contributed by atoms with Gasteiger partial charge in [-0.15, -0.1) is 0 Å². The number of aliphatic hydroxyl groups excluding tert-OH is 1. The van der Waals surface area contributed by atoms with Gasteiger partial charge in [0.05, 0.1) is 23.5 Å². The van der Waals surface area contributed by atoms with Crippen LogP contribution in [0.5, 0.6) is 5.75 Å². The molecule has 18 heavy (non-hydrogen) atoms. The predicted octanol–water partition coefficient (Wildman–Crippen LogP) is 3.04. The van der Waals surface area contributed by atoms with Crippen molar-refractivity contribution in [3.8, 4) is 5.75 Å². The Kier molecular flexibility index (Phi) is 4.09. The normalized spacial score (nSPS) is 12.5. The summed E-state index contributed by atoms with van der Waals surface area (Å²) >= 11 is 6.78. The summed E-state index contributed by atoms with van der Waals surface area (Å²) < 4.78 is 8.56. The molecule has 0 amide bonds. The van der Waals surface area contributed by atoms with Gasteiger partial charge in [0.25, 0.3) is 0 Å². The highest BCUT2D eigenvalue weighted by molar-refractivity contribution is 9.10. The van der Waals surface area contributed by atoms with Crippen LogP contribution in [0.4, 0.5) is 0 Å². The van der Waals surface area contributed by atoms with Gasteiger partial charge in [-0.1, -0.05) is 15.9 Å². The van der Waals surface area contributed by atoms with Crippen LogP contribution in [0.25, 0.3) is 0 Å². The minimum absolute atomic E-state index is 0.638. The summed E-state index contributed by atoms with van der Waals surface area (Å²) in [7, 11) is 3.37. The first-order valence-electron chi connectivity index (χ1n) is 5.23. The van der Waals surface area contributed by atoms with Crippen molar-refractivity contribution in [3.63, 3.8) is 0 Å². The van der Waals surface area contributed by atoms with Crippen molar-refractivity contribution in [1.29, 1.82) is 0 Å². The van der Waals surface area contributed by atoms with E-state index in [0.717, 1.165) is 8.95 Å². The second-order valence-electron chi connectivity index (χ2n) is 3.79. The second-order valence-corrected chi connectivity index (χ2v) is 5.56. The van der Waals surface area contributed by atoms with Crippen molar-refractivity contribution in [2.75, 3.05) is 7.11 Å². The van der Waals surface area contributed by atoms with E-state index in [2.05, 4.69) is 37.0 Å². The van der Waals surface area contributed by atoms with Crippen molar-refractivity contribution >= 4 is 31.9 Å². The Bertz CT molecular complexity index is 550. The van der Waals surface area contributed by atoms with Crippen LogP contribution in [0.2, 0.25) is 0 Å². The number of hydrogen-bond acceptors (Lipinski definition) is 3. The molecular formula is C12H12Br2N2O2. The lowest BCUT2D eigenvalue weighted by atomic mass is 10.1. The van der Waals surface area contributed by atoms with E-state index in [1.807, 2.05) is 18.2 Å². The van der Waals surface area contributed by atoms with Crippen molar-refractivity contribution in [3.05, 3.63) is 44.6 Å². The summed E-state index contributed by atoms with van der Waals surface area (Å²) in [4.78, 5) is 0. The standard InChI is InChI=1S/C12H12Br2N2O2/c1-16-11(9(14)6-15-16)12(17)8-5-7(13)3-4-10(8)18-2/h3-6,12,17H,1-2H3. The van der Waals surface area contributed by atoms with E-state index >= 15 is 0 Å². The quantitative estimate of drug-likeness (QED) is 0.896. The molecule has 1 aromatic heterocycles. The van der Waals surface area contributed by atoms with Crippen LogP contribution in [0.1, 0.15) is 17.4 Å². The number of nitrogens with zero attached hydrogens (tertiary/aromatic N) is 2. The molecular weight excluding hydrogens is 364 g/mol. The van der Waals surface area contributed by atoms with Gasteiger partial charge in [0.15, 0.2) is 0 Å². The van der Waals surface area contributed by atoms with Crippen LogP contribution in [-0.2, 0) is 7.05 Å². The van der Waals surface area contributed by atoms with Crippen molar-refractivity contribution in [2.24, 2.45) is 7.05 Å². The maximum Gasteiger partial charge on any atom is 0.125 e. The third-order valence-corrected chi connectivity index (χ3v) is 3.79. The summed E-state index contributed by atoms with van der Waals surface area (Å²) in [6.45, 7) is 0. The molecule has 96 valence electrons. The molecule has 1 N–H and O–H groups in total. The number of halogens is 2. The summed E-state index contributed by atoms with van der Waals surface area (Å²) in [5, 5.41) is 14.6. The number of hydrogen-bond donors (Lipinski definition) is 1. The summed E-state index contributed by atoms with van der Waals surface area (Å²) in [6, 6.07) is 5.52. The summed E-state index contributed by atoms with van der Waals surface area (Å²) in [5.74, 6) is 0.638. The Morgan fingerprint density at radius 3 is 2.67 bits per heavy atom. The first-order valence-corrected chi connectivity index (χ1v) is 6.82. The maximum atomic E-state index is 10.5. The summed E-state index contributed by atoms with van der Waals surface area (Å²) in [6.07, 6.45) is 0.850. The van der Waals surface area contributed by atoms with Gasteiger partial charge >= 0.3 is 0 Å². The Labute approximate surface area is 122 Å². The molecule has 2 aromatic rings. The number of methoxy groups -OCH3 is 1. The van der Waals surface area contributed by atoms with Crippen molar-refractivity contribution < 1.29 is 9.84 Å². The number of aromatic nitrogens is 2. The second kappa shape index (κ2) is 5.42. The molecule has 0 bridgehead atoms. The van der Waals surface area contributed by atoms with E-state index in [0.29, 0.717) is 17.0 Å².